The van der Waals surface area contributed by atoms with Crippen molar-refractivity contribution in [3.63, 3.8) is 0 Å². The fourth-order valence-corrected chi connectivity index (χ4v) is 2.59. The van der Waals surface area contributed by atoms with Gasteiger partial charge in [0.25, 0.3) is 0 Å². The molecule has 0 unspecified atom stereocenters. The molecule has 6 heteroatoms. The molecule has 1 fully saturated rings. The molecule has 1 saturated heterocycles. The van der Waals surface area contributed by atoms with Gasteiger partial charge in [-0.3, -0.25) is 14.4 Å². The summed E-state index contributed by atoms with van der Waals surface area (Å²) in [5.74, 6) is -0.268. The SMILES string of the molecule is CCCC(=O)N1CCCC[C@@H]1C(=O)Nc1c[nH]ccc1=O. The van der Waals surface area contributed by atoms with Crippen LogP contribution in [0, 0.1) is 0 Å². The van der Waals surface area contributed by atoms with E-state index in [1.807, 2.05) is 6.92 Å². The molecule has 2 amide bonds. The average Bonchev–Trinajstić information content (AvgIpc) is 2.50. The molecular formula is C15H21N3O3. The van der Waals surface area contributed by atoms with E-state index in [0.29, 0.717) is 19.4 Å². The average molecular weight is 291 g/mol. The van der Waals surface area contributed by atoms with E-state index >= 15 is 0 Å². The minimum Gasteiger partial charge on any atom is -0.366 e. The van der Waals surface area contributed by atoms with E-state index in [1.165, 1.54) is 18.5 Å². The van der Waals surface area contributed by atoms with Crippen LogP contribution in [-0.2, 0) is 9.59 Å². The lowest BCUT2D eigenvalue weighted by atomic mass is 10.0. The van der Waals surface area contributed by atoms with Crippen molar-refractivity contribution in [3.05, 3.63) is 28.7 Å². The van der Waals surface area contributed by atoms with Crippen molar-refractivity contribution in [1.29, 1.82) is 0 Å². The number of carbonyl (C=O) groups is 2. The molecule has 0 saturated carbocycles. The lowest BCUT2D eigenvalue weighted by Gasteiger charge is -2.34. The molecular weight excluding hydrogens is 270 g/mol. The number of carbonyl (C=O) groups excluding carboxylic acids is 2. The smallest absolute Gasteiger partial charge is 0.247 e. The van der Waals surface area contributed by atoms with Crippen molar-refractivity contribution in [3.8, 4) is 0 Å². The van der Waals surface area contributed by atoms with Crippen molar-refractivity contribution in [2.45, 2.75) is 45.1 Å². The number of pyridine rings is 1. The number of rotatable bonds is 4. The topological polar surface area (TPSA) is 82.3 Å². The van der Waals surface area contributed by atoms with Gasteiger partial charge in [0.05, 0.1) is 0 Å². The number of anilines is 1. The zero-order chi connectivity index (χ0) is 15.2. The van der Waals surface area contributed by atoms with Gasteiger partial charge in [0.1, 0.15) is 11.7 Å². The second kappa shape index (κ2) is 7.06. The predicted octanol–water partition coefficient (Wildman–Crippen LogP) is 1.49. The van der Waals surface area contributed by atoms with Crippen LogP contribution < -0.4 is 10.7 Å². The highest BCUT2D eigenvalue weighted by atomic mass is 16.2. The van der Waals surface area contributed by atoms with Gasteiger partial charge in [-0.15, -0.1) is 0 Å². The lowest BCUT2D eigenvalue weighted by molar-refractivity contribution is -0.140. The number of piperidine rings is 1. The van der Waals surface area contributed by atoms with E-state index in [4.69, 9.17) is 0 Å². The zero-order valence-electron chi connectivity index (χ0n) is 12.2. The Bertz CT molecular complexity index is 567. The van der Waals surface area contributed by atoms with Crippen LogP contribution in [0.1, 0.15) is 39.0 Å². The first kappa shape index (κ1) is 15.3. The van der Waals surface area contributed by atoms with Crippen LogP contribution in [0.15, 0.2) is 23.3 Å². The van der Waals surface area contributed by atoms with Crippen molar-refractivity contribution >= 4 is 17.5 Å². The van der Waals surface area contributed by atoms with E-state index < -0.39 is 6.04 Å². The van der Waals surface area contributed by atoms with Gasteiger partial charge in [0.15, 0.2) is 0 Å². The standard InChI is InChI=1S/C15H21N3O3/c1-2-5-14(20)18-9-4-3-6-12(18)15(21)17-11-10-16-8-7-13(11)19/h7-8,10,12H,2-6,9H2,1H3,(H,16,19)(H,17,21)/t12-/m1/s1. The summed E-state index contributed by atoms with van der Waals surface area (Å²) >= 11 is 0. The van der Waals surface area contributed by atoms with Gasteiger partial charge < -0.3 is 15.2 Å². The molecule has 6 nitrogen and oxygen atoms in total. The van der Waals surface area contributed by atoms with Gasteiger partial charge in [-0.2, -0.15) is 0 Å². The molecule has 2 rings (SSSR count). The van der Waals surface area contributed by atoms with Crippen molar-refractivity contribution in [1.82, 2.24) is 9.88 Å². The monoisotopic (exact) mass is 291 g/mol. The van der Waals surface area contributed by atoms with E-state index in [2.05, 4.69) is 10.3 Å². The maximum atomic E-state index is 12.4. The van der Waals surface area contributed by atoms with Gasteiger partial charge in [-0.1, -0.05) is 6.92 Å². The maximum Gasteiger partial charge on any atom is 0.247 e. The molecule has 2 heterocycles. The molecule has 0 aromatic carbocycles. The molecule has 1 aromatic rings. The summed E-state index contributed by atoms with van der Waals surface area (Å²) < 4.78 is 0. The normalized spacial score (nSPS) is 18.3. The Morgan fingerprint density at radius 3 is 2.95 bits per heavy atom. The number of hydrogen-bond donors (Lipinski definition) is 2. The van der Waals surface area contributed by atoms with Crippen LogP contribution in [-0.4, -0.2) is 34.3 Å². The second-order valence-electron chi connectivity index (χ2n) is 5.26. The molecule has 0 radical (unpaired) electrons. The molecule has 114 valence electrons. The highest BCUT2D eigenvalue weighted by Gasteiger charge is 2.31. The van der Waals surface area contributed by atoms with E-state index in [9.17, 15) is 14.4 Å². The summed E-state index contributed by atoms with van der Waals surface area (Å²) in [6.07, 6.45) is 6.67. The Morgan fingerprint density at radius 1 is 1.43 bits per heavy atom. The molecule has 1 aliphatic rings. The zero-order valence-corrected chi connectivity index (χ0v) is 12.2. The number of aromatic amines is 1. The Morgan fingerprint density at radius 2 is 2.24 bits per heavy atom. The van der Waals surface area contributed by atoms with Crippen LogP contribution in [0.2, 0.25) is 0 Å². The van der Waals surface area contributed by atoms with Gasteiger partial charge >= 0.3 is 0 Å². The molecule has 0 bridgehead atoms. The number of hydrogen-bond acceptors (Lipinski definition) is 3. The summed E-state index contributed by atoms with van der Waals surface area (Å²) in [6, 6.07) is 0.883. The molecule has 1 aromatic heterocycles. The number of aromatic nitrogens is 1. The molecule has 0 aliphatic carbocycles. The quantitative estimate of drug-likeness (QED) is 0.882. The Hall–Kier alpha value is -2.11. The van der Waals surface area contributed by atoms with Gasteiger partial charge in [-0.25, -0.2) is 0 Å². The highest BCUT2D eigenvalue weighted by molar-refractivity contribution is 5.97. The molecule has 21 heavy (non-hydrogen) atoms. The largest absolute Gasteiger partial charge is 0.366 e. The van der Waals surface area contributed by atoms with Crippen LogP contribution in [0.4, 0.5) is 5.69 Å². The predicted molar refractivity (Wildman–Crippen MR) is 80.0 cm³/mol. The fraction of sp³-hybridized carbons (Fsp3) is 0.533. The summed E-state index contributed by atoms with van der Waals surface area (Å²) in [7, 11) is 0. The van der Waals surface area contributed by atoms with Crippen molar-refractivity contribution < 1.29 is 9.59 Å². The van der Waals surface area contributed by atoms with Crippen molar-refractivity contribution in [2.24, 2.45) is 0 Å². The second-order valence-corrected chi connectivity index (χ2v) is 5.26. The Balaban J connectivity index is 2.10. The van der Waals surface area contributed by atoms with E-state index in [1.54, 1.807) is 4.90 Å². The third-order valence-corrected chi connectivity index (χ3v) is 3.67. The molecule has 1 aliphatic heterocycles. The number of nitrogens with one attached hydrogen (secondary N) is 2. The first-order valence-electron chi connectivity index (χ1n) is 7.41. The summed E-state index contributed by atoms with van der Waals surface area (Å²) in [4.78, 5) is 40.6. The number of nitrogens with zero attached hydrogens (tertiary/aromatic N) is 1. The Kier molecular flexibility index (Phi) is 5.14. The van der Waals surface area contributed by atoms with Gasteiger partial charge in [0.2, 0.25) is 17.2 Å². The third-order valence-electron chi connectivity index (χ3n) is 3.67. The van der Waals surface area contributed by atoms with Gasteiger partial charge in [0, 0.05) is 31.4 Å². The highest BCUT2D eigenvalue weighted by Crippen LogP contribution is 2.19. The number of amides is 2. The summed E-state index contributed by atoms with van der Waals surface area (Å²) in [6.45, 7) is 2.56. The van der Waals surface area contributed by atoms with Crippen LogP contribution in [0.5, 0.6) is 0 Å². The number of likely N-dealkylation sites (tertiary alicyclic amines) is 1. The lowest BCUT2D eigenvalue weighted by Crippen LogP contribution is -2.50. The molecule has 0 spiro atoms. The molecule has 1 atom stereocenters. The summed E-state index contributed by atoms with van der Waals surface area (Å²) in [5.41, 5.74) is -0.0275. The summed E-state index contributed by atoms with van der Waals surface area (Å²) in [5, 5.41) is 2.63. The molecule has 2 N–H and O–H groups in total. The maximum absolute atomic E-state index is 12.4. The first-order chi connectivity index (χ1) is 10.1. The fourth-order valence-electron chi connectivity index (χ4n) is 2.59. The van der Waals surface area contributed by atoms with Crippen LogP contribution in [0.3, 0.4) is 0 Å². The third kappa shape index (κ3) is 3.71. The first-order valence-corrected chi connectivity index (χ1v) is 7.41. The minimum atomic E-state index is -0.475. The Labute approximate surface area is 123 Å². The van der Waals surface area contributed by atoms with Gasteiger partial charge in [-0.05, 0) is 25.7 Å². The van der Waals surface area contributed by atoms with Crippen molar-refractivity contribution in [2.75, 3.05) is 11.9 Å². The van der Waals surface area contributed by atoms with E-state index in [-0.39, 0.29) is 22.9 Å². The minimum absolute atomic E-state index is 0.0133. The van der Waals surface area contributed by atoms with Crippen LogP contribution in [0.25, 0.3) is 0 Å². The van der Waals surface area contributed by atoms with Crippen LogP contribution >= 0.6 is 0 Å². The number of H-pyrrole nitrogens is 1. The van der Waals surface area contributed by atoms with E-state index in [0.717, 1.165) is 19.3 Å².